The zero-order chi connectivity index (χ0) is 22.4. The third-order valence-electron chi connectivity index (χ3n) is 4.74. The summed E-state index contributed by atoms with van der Waals surface area (Å²) in [5.41, 5.74) is 1.15. The van der Waals surface area contributed by atoms with Gasteiger partial charge in [-0.05, 0) is 32.0 Å². The topological polar surface area (TPSA) is 76.4 Å². The number of hydrogen-bond acceptors (Lipinski definition) is 5. The zero-order valence-electron chi connectivity index (χ0n) is 17.7. The van der Waals surface area contributed by atoms with Gasteiger partial charge in [-0.1, -0.05) is 30.3 Å². The van der Waals surface area contributed by atoms with E-state index >= 15 is 0 Å². The normalized spacial score (nSPS) is 12.6. The van der Waals surface area contributed by atoms with Crippen LogP contribution in [0.1, 0.15) is 50.2 Å². The molecule has 1 N–H and O–H groups in total. The van der Waals surface area contributed by atoms with Crippen molar-refractivity contribution in [1.82, 2.24) is 5.32 Å². The minimum atomic E-state index is -0.506. The average molecular weight is 438 g/mol. The van der Waals surface area contributed by atoms with E-state index in [0.29, 0.717) is 16.0 Å². The van der Waals surface area contributed by atoms with Gasteiger partial charge in [0.2, 0.25) is 5.78 Å². The van der Waals surface area contributed by atoms with Crippen LogP contribution in [-0.2, 0) is 16.6 Å². The molecule has 0 aliphatic carbocycles. The monoisotopic (exact) mass is 437 g/mol. The van der Waals surface area contributed by atoms with E-state index in [4.69, 9.17) is 4.74 Å². The number of aryl methyl sites for hydroxylation is 1. The molecule has 2 aromatic heterocycles. The highest BCUT2D eigenvalue weighted by atomic mass is 32.1. The summed E-state index contributed by atoms with van der Waals surface area (Å²) >= 11 is 1.29. The van der Waals surface area contributed by atoms with Crippen LogP contribution in [0.15, 0.2) is 67.0 Å². The van der Waals surface area contributed by atoms with E-state index in [2.05, 4.69) is 5.32 Å². The number of hydrogen-bond donors (Lipinski definition) is 1. The number of rotatable bonds is 8. The molecule has 0 spiro atoms. The SMILES string of the molecule is CC(CNC(=O)c1ccc[n+](C)c1)OC(=O)C(C)c1ccc(C(=O)c2ccccc2)s1. The molecule has 0 fully saturated rings. The number of nitrogens with one attached hydrogen (secondary N) is 1. The number of nitrogens with zero attached hydrogens (tertiary/aromatic N) is 1. The molecule has 0 saturated carbocycles. The molecule has 0 radical (unpaired) electrons. The molecule has 3 rings (SSSR count). The molecule has 2 atom stereocenters. The summed E-state index contributed by atoms with van der Waals surface area (Å²) in [6.45, 7) is 3.69. The van der Waals surface area contributed by atoms with E-state index in [-0.39, 0.29) is 18.2 Å². The lowest BCUT2D eigenvalue weighted by atomic mass is 10.1. The van der Waals surface area contributed by atoms with Crippen LogP contribution in [0, 0.1) is 0 Å². The summed E-state index contributed by atoms with van der Waals surface area (Å²) in [6.07, 6.45) is 3.08. The van der Waals surface area contributed by atoms with Crippen molar-refractivity contribution in [2.24, 2.45) is 7.05 Å². The Bertz CT molecular complexity index is 1080. The molecule has 7 heteroatoms. The molecule has 31 heavy (non-hydrogen) atoms. The van der Waals surface area contributed by atoms with Gasteiger partial charge in [-0.3, -0.25) is 14.4 Å². The van der Waals surface area contributed by atoms with Crippen LogP contribution < -0.4 is 9.88 Å². The zero-order valence-corrected chi connectivity index (χ0v) is 18.5. The van der Waals surface area contributed by atoms with Gasteiger partial charge in [0.1, 0.15) is 18.7 Å². The van der Waals surface area contributed by atoms with Crippen molar-refractivity contribution in [3.63, 3.8) is 0 Å². The van der Waals surface area contributed by atoms with Crippen LogP contribution >= 0.6 is 11.3 Å². The number of esters is 1. The van der Waals surface area contributed by atoms with Gasteiger partial charge in [-0.15, -0.1) is 11.3 Å². The number of pyridine rings is 1. The number of aromatic nitrogens is 1. The number of carbonyl (C=O) groups is 3. The first-order valence-corrected chi connectivity index (χ1v) is 10.8. The highest BCUT2D eigenvalue weighted by molar-refractivity contribution is 7.14. The maximum atomic E-state index is 12.6. The summed E-state index contributed by atoms with van der Waals surface area (Å²) in [5, 5.41) is 2.78. The third-order valence-corrected chi connectivity index (χ3v) is 6.00. The lowest BCUT2D eigenvalue weighted by Crippen LogP contribution is -2.35. The molecular weight excluding hydrogens is 412 g/mol. The molecule has 0 aliphatic rings. The molecule has 160 valence electrons. The van der Waals surface area contributed by atoms with E-state index in [1.54, 1.807) is 61.0 Å². The molecule has 1 aromatic carbocycles. The Morgan fingerprint density at radius 1 is 1.00 bits per heavy atom. The maximum absolute atomic E-state index is 12.6. The Kier molecular flexibility index (Phi) is 7.31. The fourth-order valence-electron chi connectivity index (χ4n) is 2.96. The van der Waals surface area contributed by atoms with Gasteiger partial charge in [0.05, 0.1) is 17.3 Å². The van der Waals surface area contributed by atoms with Gasteiger partial charge < -0.3 is 10.1 Å². The summed E-state index contributed by atoms with van der Waals surface area (Å²) in [4.78, 5) is 38.7. The molecule has 2 heterocycles. The van der Waals surface area contributed by atoms with E-state index in [1.807, 2.05) is 31.4 Å². The predicted molar refractivity (Wildman–Crippen MR) is 118 cm³/mol. The Morgan fingerprint density at radius 2 is 1.71 bits per heavy atom. The van der Waals surface area contributed by atoms with Gasteiger partial charge in [-0.25, -0.2) is 4.57 Å². The van der Waals surface area contributed by atoms with E-state index < -0.39 is 18.0 Å². The maximum Gasteiger partial charge on any atom is 0.314 e. The second kappa shape index (κ2) is 10.1. The van der Waals surface area contributed by atoms with Crippen molar-refractivity contribution >= 4 is 29.0 Å². The first-order valence-electron chi connectivity index (χ1n) is 9.98. The van der Waals surface area contributed by atoms with Gasteiger partial charge in [0, 0.05) is 16.5 Å². The van der Waals surface area contributed by atoms with Crippen molar-refractivity contribution in [3.05, 3.63) is 87.9 Å². The van der Waals surface area contributed by atoms with Crippen molar-refractivity contribution in [1.29, 1.82) is 0 Å². The first-order chi connectivity index (χ1) is 14.8. The van der Waals surface area contributed by atoms with Crippen LogP contribution in [-0.4, -0.2) is 30.3 Å². The molecule has 0 saturated heterocycles. The second-order valence-corrected chi connectivity index (χ2v) is 8.45. The lowest BCUT2D eigenvalue weighted by Gasteiger charge is -2.16. The van der Waals surface area contributed by atoms with Crippen molar-refractivity contribution in [2.45, 2.75) is 25.9 Å². The minimum Gasteiger partial charge on any atom is -0.460 e. The smallest absolute Gasteiger partial charge is 0.314 e. The van der Waals surface area contributed by atoms with Crippen LogP contribution in [0.5, 0.6) is 0 Å². The van der Waals surface area contributed by atoms with E-state index in [0.717, 1.165) is 4.88 Å². The van der Waals surface area contributed by atoms with E-state index in [1.165, 1.54) is 11.3 Å². The van der Waals surface area contributed by atoms with Crippen LogP contribution in [0.2, 0.25) is 0 Å². The number of thiophene rings is 1. The summed E-state index contributed by atoms with van der Waals surface area (Å²) in [5.74, 6) is -1.20. The number of benzene rings is 1. The quantitative estimate of drug-likeness (QED) is 0.333. The van der Waals surface area contributed by atoms with Gasteiger partial charge in [0.25, 0.3) is 5.91 Å². The number of carbonyl (C=O) groups excluding carboxylic acids is 3. The summed E-state index contributed by atoms with van der Waals surface area (Å²) in [6, 6.07) is 16.1. The molecule has 2 unspecified atom stereocenters. The average Bonchev–Trinajstić information content (AvgIpc) is 3.27. The van der Waals surface area contributed by atoms with Crippen LogP contribution in [0.3, 0.4) is 0 Å². The molecule has 0 aliphatic heterocycles. The van der Waals surface area contributed by atoms with Gasteiger partial charge in [-0.2, -0.15) is 0 Å². The number of ketones is 1. The third kappa shape index (κ3) is 5.86. The van der Waals surface area contributed by atoms with Gasteiger partial charge in [0.15, 0.2) is 12.4 Å². The molecule has 0 bridgehead atoms. The fourth-order valence-corrected chi connectivity index (χ4v) is 3.97. The van der Waals surface area contributed by atoms with Crippen molar-refractivity contribution in [3.8, 4) is 0 Å². The Morgan fingerprint density at radius 3 is 2.42 bits per heavy atom. The summed E-state index contributed by atoms with van der Waals surface area (Å²) < 4.78 is 7.28. The Hall–Kier alpha value is -3.32. The minimum absolute atomic E-state index is 0.0668. The standard InChI is InChI=1S/C24H24N2O4S/c1-16(14-25-23(28)19-10-7-13-26(3)15-19)30-24(29)17(2)20-11-12-21(31-20)22(27)18-8-5-4-6-9-18/h4-13,15-17H,14H2,1-3H3/p+1. The molecule has 1 amide bonds. The number of ether oxygens (including phenoxy) is 1. The lowest BCUT2D eigenvalue weighted by molar-refractivity contribution is -0.671. The van der Waals surface area contributed by atoms with Crippen molar-refractivity contribution in [2.75, 3.05) is 6.54 Å². The first kappa shape index (κ1) is 22.4. The van der Waals surface area contributed by atoms with Crippen molar-refractivity contribution < 1.29 is 23.7 Å². The summed E-state index contributed by atoms with van der Waals surface area (Å²) in [7, 11) is 1.84. The molecule has 6 nitrogen and oxygen atoms in total. The highest BCUT2D eigenvalue weighted by Gasteiger charge is 2.23. The fraction of sp³-hybridized carbons (Fsp3) is 0.250. The van der Waals surface area contributed by atoms with Crippen LogP contribution in [0.25, 0.3) is 0 Å². The second-order valence-electron chi connectivity index (χ2n) is 7.33. The highest BCUT2D eigenvalue weighted by Crippen LogP contribution is 2.27. The predicted octanol–water partition coefficient (Wildman–Crippen LogP) is 3.27. The van der Waals surface area contributed by atoms with Crippen LogP contribution in [0.4, 0.5) is 0 Å². The largest absolute Gasteiger partial charge is 0.460 e. The Balaban J connectivity index is 1.53. The Labute approximate surface area is 185 Å². The molecular formula is C24H25N2O4S+. The molecule has 3 aromatic rings. The van der Waals surface area contributed by atoms with E-state index in [9.17, 15) is 14.4 Å². The van der Waals surface area contributed by atoms with Gasteiger partial charge >= 0.3 is 5.97 Å². The number of amides is 1.